The van der Waals surface area contributed by atoms with Crippen LogP contribution in [0.4, 0.5) is 5.69 Å². The number of hydrogen-bond acceptors (Lipinski definition) is 6. The summed E-state index contributed by atoms with van der Waals surface area (Å²) in [4.78, 5) is 6.37. The second kappa shape index (κ2) is 8.70. The predicted molar refractivity (Wildman–Crippen MR) is 124 cm³/mol. The van der Waals surface area contributed by atoms with Crippen molar-refractivity contribution < 1.29 is 13.5 Å². The number of thiophene rings is 1. The van der Waals surface area contributed by atoms with Crippen molar-refractivity contribution in [2.45, 2.75) is 36.1 Å². The van der Waals surface area contributed by atoms with Crippen LogP contribution < -0.4 is 4.90 Å². The van der Waals surface area contributed by atoms with Gasteiger partial charge in [0.2, 0.25) is 0 Å². The van der Waals surface area contributed by atoms with Crippen LogP contribution in [0.1, 0.15) is 25.0 Å². The molecule has 1 saturated heterocycles. The number of anilines is 1. The molecule has 0 radical (unpaired) electrons. The number of benzene rings is 1. The molecule has 0 amide bonds. The summed E-state index contributed by atoms with van der Waals surface area (Å²) in [7, 11) is -3.50. The van der Waals surface area contributed by atoms with Gasteiger partial charge in [0.15, 0.2) is 0 Å². The Morgan fingerprint density at radius 2 is 1.81 bits per heavy atom. The number of piperazine rings is 1. The van der Waals surface area contributed by atoms with E-state index in [0.717, 1.165) is 16.8 Å². The lowest BCUT2D eigenvalue weighted by Gasteiger charge is -2.42. The van der Waals surface area contributed by atoms with Crippen LogP contribution in [-0.4, -0.2) is 48.5 Å². The molecule has 4 rings (SSSR count). The Labute approximate surface area is 187 Å². The third-order valence-electron chi connectivity index (χ3n) is 5.66. The molecule has 3 aromatic rings. The first-order chi connectivity index (χ1) is 14.7. The highest BCUT2D eigenvalue weighted by Gasteiger charge is 2.35. The van der Waals surface area contributed by atoms with Crippen LogP contribution in [0.2, 0.25) is 0 Å². The lowest BCUT2D eigenvalue weighted by molar-refractivity contribution is 0.0786. The highest BCUT2D eigenvalue weighted by Crippen LogP contribution is 2.29. The van der Waals surface area contributed by atoms with Crippen LogP contribution in [0.5, 0.6) is 0 Å². The summed E-state index contributed by atoms with van der Waals surface area (Å²) in [5, 5.41) is 12.1. The number of nitrogens with zero attached hydrogens (tertiary/aromatic N) is 3. The number of sulfonamides is 1. The van der Waals surface area contributed by atoms with Crippen molar-refractivity contribution in [2.75, 3.05) is 24.5 Å². The summed E-state index contributed by atoms with van der Waals surface area (Å²) < 4.78 is 28.2. The second-order valence-electron chi connectivity index (χ2n) is 8.31. The smallest absolute Gasteiger partial charge is 0.252 e. The van der Waals surface area contributed by atoms with Gasteiger partial charge in [0.25, 0.3) is 10.0 Å². The van der Waals surface area contributed by atoms with Crippen molar-refractivity contribution in [3.63, 3.8) is 0 Å². The van der Waals surface area contributed by atoms with Gasteiger partial charge in [-0.3, -0.25) is 4.98 Å². The summed E-state index contributed by atoms with van der Waals surface area (Å²) in [6.07, 6.45) is 4.24. The first-order valence-electron chi connectivity index (χ1n) is 10.3. The van der Waals surface area contributed by atoms with Crippen LogP contribution in [-0.2, 0) is 22.0 Å². The molecule has 0 bridgehead atoms. The quantitative estimate of drug-likeness (QED) is 0.613. The number of rotatable bonds is 6. The Morgan fingerprint density at radius 3 is 2.42 bits per heavy atom. The molecule has 1 fully saturated rings. The summed E-state index contributed by atoms with van der Waals surface area (Å²) >= 11 is 1.25. The van der Waals surface area contributed by atoms with Gasteiger partial charge in [-0.1, -0.05) is 18.2 Å². The number of aromatic nitrogens is 1. The molecule has 8 heteroatoms. The summed E-state index contributed by atoms with van der Waals surface area (Å²) in [5.41, 5.74) is 2.09. The molecule has 2 aromatic heterocycles. The molecule has 1 unspecified atom stereocenters. The van der Waals surface area contributed by atoms with E-state index in [9.17, 15) is 13.5 Å². The van der Waals surface area contributed by atoms with Gasteiger partial charge >= 0.3 is 0 Å². The number of pyridine rings is 1. The minimum absolute atomic E-state index is 0.0149. The van der Waals surface area contributed by atoms with E-state index < -0.39 is 15.6 Å². The van der Waals surface area contributed by atoms with Crippen LogP contribution >= 0.6 is 11.3 Å². The zero-order valence-electron chi connectivity index (χ0n) is 17.7. The van der Waals surface area contributed by atoms with Gasteiger partial charge < -0.3 is 10.0 Å². The summed E-state index contributed by atoms with van der Waals surface area (Å²) in [5.74, 6) is 0. The average molecular weight is 458 g/mol. The predicted octanol–water partition coefficient (Wildman–Crippen LogP) is 3.49. The SMILES string of the molecule is CC(C)(O)c1ccc(N2CCN(S(=O)(=O)c3cccs3)CC2Cc2ccncc2)cc1. The molecule has 0 saturated carbocycles. The zero-order valence-corrected chi connectivity index (χ0v) is 19.3. The topological polar surface area (TPSA) is 73.7 Å². The molecule has 0 aliphatic carbocycles. The lowest BCUT2D eigenvalue weighted by Crippen LogP contribution is -2.55. The minimum Gasteiger partial charge on any atom is -0.386 e. The Morgan fingerprint density at radius 1 is 1.10 bits per heavy atom. The van der Waals surface area contributed by atoms with Crippen molar-refractivity contribution in [3.8, 4) is 0 Å². The molecule has 1 aromatic carbocycles. The van der Waals surface area contributed by atoms with E-state index in [1.165, 1.54) is 11.3 Å². The van der Waals surface area contributed by atoms with Gasteiger partial charge in [0.05, 0.1) is 5.60 Å². The highest BCUT2D eigenvalue weighted by atomic mass is 32.2. The molecular formula is C23H27N3O3S2. The number of hydrogen-bond donors (Lipinski definition) is 1. The molecular weight excluding hydrogens is 430 g/mol. The van der Waals surface area contributed by atoms with Crippen molar-refractivity contribution in [1.29, 1.82) is 0 Å². The van der Waals surface area contributed by atoms with Crippen LogP contribution in [0, 0.1) is 0 Å². The monoisotopic (exact) mass is 457 g/mol. The van der Waals surface area contributed by atoms with E-state index in [1.807, 2.05) is 36.4 Å². The van der Waals surface area contributed by atoms with Crippen LogP contribution in [0.3, 0.4) is 0 Å². The Hall–Kier alpha value is -2.26. The van der Waals surface area contributed by atoms with Crippen LogP contribution in [0.25, 0.3) is 0 Å². The third-order valence-corrected chi connectivity index (χ3v) is 8.90. The molecule has 1 N–H and O–H groups in total. The lowest BCUT2D eigenvalue weighted by atomic mass is 9.97. The molecule has 0 spiro atoms. The van der Waals surface area contributed by atoms with Crippen molar-refractivity contribution >= 4 is 27.0 Å². The average Bonchev–Trinajstić information content (AvgIpc) is 3.30. The molecule has 164 valence electrons. The van der Waals surface area contributed by atoms with Crippen LogP contribution in [0.15, 0.2) is 70.5 Å². The molecule has 31 heavy (non-hydrogen) atoms. The van der Waals surface area contributed by atoms with E-state index in [4.69, 9.17) is 0 Å². The van der Waals surface area contributed by atoms with Crippen molar-refractivity contribution in [1.82, 2.24) is 9.29 Å². The van der Waals surface area contributed by atoms with Gasteiger partial charge in [0.1, 0.15) is 4.21 Å². The normalized spacial score (nSPS) is 18.3. The Bertz CT molecular complexity index is 1090. The Kier molecular flexibility index (Phi) is 6.16. The highest BCUT2D eigenvalue weighted by molar-refractivity contribution is 7.91. The minimum atomic E-state index is -3.50. The van der Waals surface area contributed by atoms with E-state index >= 15 is 0 Å². The molecule has 1 aliphatic rings. The van der Waals surface area contributed by atoms with Gasteiger partial charge in [0, 0.05) is 43.8 Å². The maximum Gasteiger partial charge on any atom is 0.252 e. The largest absolute Gasteiger partial charge is 0.386 e. The maximum atomic E-state index is 13.1. The summed E-state index contributed by atoms with van der Waals surface area (Å²) in [6, 6.07) is 15.3. The van der Waals surface area contributed by atoms with E-state index in [2.05, 4.69) is 9.88 Å². The second-order valence-corrected chi connectivity index (χ2v) is 11.4. The molecule has 1 atom stereocenters. The fourth-order valence-electron chi connectivity index (χ4n) is 3.95. The van der Waals surface area contributed by atoms with Gasteiger partial charge in [-0.05, 0) is 67.1 Å². The van der Waals surface area contributed by atoms with Gasteiger partial charge in [-0.25, -0.2) is 8.42 Å². The number of aliphatic hydroxyl groups is 1. The first kappa shape index (κ1) is 22.0. The van der Waals surface area contributed by atoms with Gasteiger partial charge in [-0.15, -0.1) is 11.3 Å². The van der Waals surface area contributed by atoms with Crippen molar-refractivity contribution in [3.05, 3.63) is 77.4 Å². The third kappa shape index (κ3) is 4.82. The van der Waals surface area contributed by atoms with E-state index in [0.29, 0.717) is 30.3 Å². The van der Waals surface area contributed by atoms with Gasteiger partial charge in [-0.2, -0.15) is 4.31 Å². The van der Waals surface area contributed by atoms with E-state index in [1.54, 1.807) is 48.1 Å². The molecule has 6 nitrogen and oxygen atoms in total. The standard InChI is InChI=1S/C23H27N3O3S2/c1-23(2,27)19-5-7-20(8-6-19)26-14-13-25(31(28,29)22-4-3-15-30-22)17-21(26)16-18-9-11-24-12-10-18/h3-12,15,21,27H,13-14,16-17H2,1-2H3. The van der Waals surface area contributed by atoms with E-state index in [-0.39, 0.29) is 6.04 Å². The van der Waals surface area contributed by atoms with Crippen molar-refractivity contribution in [2.24, 2.45) is 0 Å². The molecule has 3 heterocycles. The summed E-state index contributed by atoms with van der Waals surface area (Å²) in [6.45, 7) is 4.98. The fraction of sp³-hybridized carbons (Fsp3) is 0.348. The molecule has 1 aliphatic heterocycles. The zero-order chi connectivity index (χ0) is 22.1. The first-order valence-corrected chi connectivity index (χ1v) is 12.6. The Balaban J connectivity index is 1.62. The maximum absolute atomic E-state index is 13.1. The fourth-order valence-corrected chi connectivity index (χ4v) is 6.56.